The Bertz CT molecular complexity index is 460. The maximum Gasteiger partial charge on any atom is 0.417 e. The normalized spacial score (nSPS) is 14.8. The number of rotatable bonds is 6. The number of aromatic nitrogens is 1. The number of amides is 1. The summed E-state index contributed by atoms with van der Waals surface area (Å²) in [5, 5.41) is 0.496. The molecule has 4 N–H and O–H groups in total. The van der Waals surface area contributed by atoms with Crippen molar-refractivity contribution in [1.29, 1.82) is 0 Å². The molecule has 0 spiro atoms. The molecule has 112 valence electrons. The maximum absolute atomic E-state index is 12.3. The zero-order valence-electron chi connectivity index (χ0n) is 10.9. The fourth-order valence-electron chi connectivity index (χ4n) is 1.37. The number of carbonyl (C=O) groups excluding carboxylic acids is 1. The monoisotopic (exact) mass is 307 g/mol. The van der Waals surface area contributed by atoms with Crippen molar-refractivity contribution in [3.8, 4) is 0 Å². The minimum absolute atomic E-state index is 0.413. The standard InChI is InChI=1S/C12H16F3N3OS/c1-11(17,10(16)19)5-2-6-20-9-4-3-8(7-18-9)12(13,14)15/h3-4,7H,2,5-6,17H2,1H3,(H2,16,19). The van der Waals surface area contributed by atoms with Gasteiger partial charge in [0.15, 0.2) is 0 Å². The first-order valence-electron chi connectivity index (χ1n) is 5.88. The SMILES string of the molecule is CC(N)(CCCSc1ccc(C(F)(F)F)cn1)C(N)=O. The van der Waals surface area contributed by atoms with Gasteiger partial charge in [0.1, 0.15) is 0 Å². The Morgan fingerprint density at radius 1 is 1.40 bits per heavy atom. The Balaban J connectivity index is 2.42. The third-order valence-corrected chi connectivity index (χ3v) is 3.75. The van der Waals surface area contributed by atoms with E-state index in [-0.39, 0.29) is 0 Å². The van der Waals surface area contributed by atoms with Crippen LogP contribution in [0, 0.1) is 0 Å². The van der Waals surface area contributed by atoms with Crippen LogP contribution < -0.4 is 11.5 Å². The minimum Gasteiger partial charge on any atom is -0.368 e. The summed E-state index contributed by atoms with van der Waals surface area (Å²) in [6.45, 7) is 1.55. The van der Waals surface area contributed by atoms with Crippen molar-refractivity contribution >= 4 is 17.7 Å². The average Bonchev–Trinajstić information content (AvgIpc) is 2.34. The number of hydrogen-bond donors (Lipinski definition) is 2. The van der Waals surface area contributed by atoms with Gasteiger partial charge in [-0.2, -0.15) is 13.2 Å². The van der Waals surface area contributed by atoms with Crippen LogP contribution in [0.4, 0.5) is 13.2 Å². The van der Waals surface area contributed by atoms with E-state index in [4.69, 9.17) is 11.5 Å². The van der Waals surface area contributed by atoms with E-state index in [2.05, 4.69) is 4.98 Å². The van der Waals surface area contributed by atoms with Crippen LogP contribution in [0.5, 0.6) is 0 Å². The van der Waals surface area contributed by atoms with Gasteiger partial charge in [-0.3, -0.25) is 4.79 Å². The molecule has 1 atom stereocenters. The molecule has 1 rings (SSSR count). The van der Waals surface area contributed by atoms with Crippen molar-refractivity contribution in [3.05, 3.63) is 23.9 Å². The minimum atomic E-state index is -4.38. The highest BCUT2D eigenvalue weighted by atomic mass is 32.2. The van der Waals surface area contributed by atoms with Crippen molar-refractivity contribution < 1.29 is 18.0 Å². The lowest BCUT2D eigenvalue weighted by atomic mass is 9.97. The molecule has 4 nitrogen and oxygen atoms in total. The number of hydrogen-bond acceptors (Lipinski definition) is 4. The molecule has 0 radical (unpaired) electrons. The molecule has 0 saturated carbocycles. The molecular formula is C12H16F3N3OS. The summed E-state index contributed by atoms with van der Waals surface area (Å²) in [4.78, 5) is 14.7. The third kappa shape index (κ3) is 5.01. The zero-order chi connectivity index (χ0) is 15.4. The van der Waals surface area contributed by atoms with Gasteiger partial charge >= 0.3 is 6.18 Å². The molecule has 0 fully saturated rings. The van der Waals surface area contributed by atoms with Gasteiger partial charge in [0.25, 0.3) is 0 Å². The number of alkyl halides is 3. The summed E-state index contributed by atoms with van der Waals surface area (Å²) < 4.78 is 37.0. The van der Waals surface area contributed by atoms with E-state index >= 15 is 0 Å². The zero-order valence-corrected chi connectivity index (χ0v) is 11.7. The number of carbonyl (C=O) groups is 1. The van der Waals surface area contributed by atoms with Crippen molar-refractivity contribution in [2.75, 3.05) is 5.75 Å². The molecule has 1 heterocycles. The molecule has 1 aromatic rings. The first-order chi connectivity index (χ1) is 9.13. The van der Waals surface area contributed by atoms with Gasteiger partial charge in [0, 0.05) is 6.20 Å². The second kappa shape index (κ2) is 6.45. The number of nitrogens with two attached hydrogens (primary N) is 2. The van der Waals surface area contributed by atoms with E-state index in [1.807, 2.05) is 0 Å². The van der Waals surface area contributed by atoms with Crippen molar-refractivity contribution in [1.82, 2.24) is 4.98 Å². The summed E-state index contributed by atoms with van der Waals surface area (Å²) in [5.41, 5.74) is 8.98. The number of pyridine rings is 1. The first kappa shape index (κ1) is 16.8. The number of primary amides is 1. The van der Waals surface area contributed by atoms with Gasteiger partial charge in [-0.1, -0.05) is 0 Å². The smallest absolute Gasteiger partial charge is 0.368 e. The van der Waals surface area contributed by atoms with E-state index in [1.165, 1.54) is 17.8 Å². The van der Waals surface area contributed by atoms with Crippen LogP contribution in [-0.4, -0.2) is 22.2 Å². The number of thioether (sulfide) groups is 1. The summed E-state index contributed by atoms with van der Waals surface area (Å²) in [5.74, 6) is 0.0217. The van der Waals surface area contributed by atoms with Crippen LogP contribution in [-0.2, 0) is 11.0 Å². The molecule has 0 bridgehead atoms. The fraction of sp³-hybridized carbons (Fsp3) is 0.500. The summed E-state index contributed by atoms with van der Waals surface area (Å²) in [6, 6.07) is 2.31. The lowest BCUT2D eigenvalue weighted by Crippen LogP contribution is -2.49. The lowest BCUT2D eigenvalue weighted by Gasteiger charge is -2.19. The highest BCUT2D eigenvalue weighted by Crippen LogP contribution is 2.29. The van der Waals surface area contributed by atoms with Crippen LogP contribution >= 0.6 is 11.8 Å². The van der Waals surface area contributed by atoms with E-state index in [0.29, 0.717) is 23.6 Å². The Labute approximate surface area is 119 Å². The second-order valence-corrected chi connectivity index (χ2v) is 5.73. The lowest BCUT2D eigenvalue weighted by molar-refractivity contribution is -0.137. The van der Waals surface area contributed by atoms with Crippen LogP contribution in [0.15, 0.2) is 23.4 Å². The van der Waals surface area contributed by atoms with Crippen LogP contribution in [0.25, 0.3) is 0 Å². The Hall–Kier alpha value is -1.28. The van der Waals surface area contributed by atoms with Crippen LogP contribution in [0.3, 0.4) is 0 Å². The number of nitrogens with zero attached hydrogens (tertiary/aromatic N) is 1. The van der Waals surface area contributed by atoms with Gasteiger partial charge in [0.05, 0.1) is 16.1 Å². The Morgan fingerprint density at radius 3 is 2.50 bits per heavy atom. The maximum atomic E-state index is 12.3. The Kier molecular flexibility index (Phi) is 5.41. The van der Waals surface area contributed by atoms with E-state index in [1.54, 1.807) is 6.92 Å². The first-order valence-corrected chi connectivity index (χ1v) is 6.86. The van der Waals surface area contributed by atoms with Crippen LogP contribution in [0.1, 0.15) is 25.3 Å². The van der Waals surface area contributed by atoms with Crippen LogP contribution in [0.2, 0.25) is 0 Å². The second-order valence-electron chi connectivity index (χ2n) is 4.62. The molecule has 20 heavy (non-hydrogen) atoms. The van der Waals surface area contributed by atoms with E-state index in [0.717, 1.165) is 12.3 Å². The van der Waals surface area contributed by atoms with Gasteiger partial charge in [-0.25, -0.2) is 4.98 Å². The summed E-state index contributed by atoms with van der Waals surface area (Å²) in [7, 11) is 0. The third-order valence-electron chi connectivity index (χ3n) is 2.72. The molecule has 0 aliphatic heterocycles. The quantitative estimate of drug-likeness (QED) is 0.623. The van der Waals surface area contributed by atoms with Gasteiger partial charge in [-0.15, -0.1) is 11.8 Å². The predicted molar refractivity (Wildman–Crippen MR) is 71.0 cm³/mol. The molecule has 0 aromatic carbocycles. The van der Waals surface area contributed by atoms with Crippen molar-refractivity contribution in [2.45, 2.75) is 36.5 Å². The average molecular weight is 307 g/mol. The largest absolute Gasteiger partial charge is 0.417 e. The molecular weight excluding hydrogens is 291 g/mol. The topological polar surface area (TPSA) is 82.0 Å². The molecule has 0 aliphatic carbocycles. The van der Waals surface area contributed by atoms with Crippen molar-refractivity contribution in [3.63, 3.8) is 0 Å². The fourth-order valence-corrected chi connectivity index (χ4v) is 2.16. The highest BCUT2D eigenvalue weighted by Gasteiger charge is 2.30. The van der Waals surface area contributed by atoms with Gasteiger partial charge in [0.2, 0.25) is 5.91 Å². The van der Waals surface area contributed by atoms with Gasteiger partial charge < -0.3 is 11.5 Å². The molecule has 1 aromatic heterocycles. The predicted octanol–water partition coefficient (Wildman–Crippen LogP) is 2.18. The summed E-state index contributed by atoms with van der Waals surface area (Å²) >= 11 is 1.31. The number of halogens is 3. The Morgan fingerprint density at radius 2 is 2.05 bits per heavy atom. The molecule has 0 aliphatic rings. The molecule has 1 amide bonds. The highest BCUT2D eigenvalue weighted by molar-refractivity contribution is 7.99. The molecule has 8 heteroatoms. The van der Waals surface area contributed by atoms with Gasteiger partial charge in [-0.05, 0) is 37.7 Å². The van der Waals surface area contributed by atoms with Crippen molar-refractivity contribution in [2.24, 2.45) is 11.5 Å². The molecule has 0 saturated heterocycles. The molecule has 1 unspecified atom stereocenters. The van der Waals surface area contributed by atoms with E-state index in [9.17, 15) is 18.0 Å². The van der Waals surface area contributed by atoms with E-state index < -0.39 is 23.2 Å². The summed E-state index contributed by atoms with van der Waals surface area (Å²) in [6.07, 6.45) is -2.54.